The van der Waals surface area contributed by atoms with Crippen LogP contribution in [0.4, 0.5) is 0 Å². The predicted octanol–water partition coefficient (Wildman–Crippen LogP) is -4.64. The van der Waals surface area contributed by atoms with Gasteiger partial charge in [0.1, 0.15) is 0 Å². The summed E-state index contributed by atoms with van der Waals surface area (Å²) in [4.78, 5) is 26.1. The molecule has 0 atom stereocenters. The second kappa shape index (κ2) is 11.8. The Morgan fingerprint density at radius 3 is 1.61 bits per heavy atom. The zero-order valence-corrected chi connectivity index (χ0v) is 17.4. The van der Waals surface area contributed by atoms with Crippen LogP contribution in [0.3, 0.4) is 0 Å². The molecule has 2 aromatic carbocycles. The fraction of sp³-hybridized carbons (Fsp3) is 0.211. The van der Waals surface area contributed by atoms with Crippen molar-refractivity contribution in [2.24, 2.45) is 0 Å². The van der Waals surface area contributed by atoms with Crippen LogP contribution in [0.15, 0.2) is 42.5 Å². The summed E-state index contributed by atoms with van der Waals surface area (Å²) in [6, 6.07) is 13.8. The van der Waals surface area contributed by atoms with Gasteiger partial charge in [0, 0.05) is 33.8 Å². The molecule has 1 aromatic heterocycles. The van der Waals surface area contributed by atoms with Gasteiger partial charge in [-0.15, -0.1) is 0 Å². The van der Waals surface area contributed by atoms with Crippen molar-refractivity contribution in [1.29, 1.82) is 0 Å². The Hall–Kier alpha value is -1.06. The Morgan fingerprint density at radius 2 is 1.21 bits per heavy atom. The molecule has 0 spiro atoms. The van der Waals surface area contributed by atoms with E-state index in [1.807, 2.05) is 36.4 Å². The molecule has 0 saturated carbocycles. The number of aliphatic carboxylic acids is 2. The number of fused-ring (bicyclic) bond motifs is 2. The van der Waals surface area contributed by atoms with Crippen LogP contribution >= 0.6 is 23.5 Å². The number of nitrogens with zero attached hydrogens (tertiary/aromatic N) is 1. The topological polar surface area (TPSA) is 93.1 Å². The quantitative estimate of drug-likeness (QED) is 0.278. The minimum absolute atomic E-state index is 0. The summed E-state index contributed by atoms with van der Waals surface area (Å²) < 4.78 is 0. The average molecular weight is 399 g/mol. The van der Waals surface area contributed by atoms with E-state index in [9.17, 15) is 19.8 Å². The van der Waals surface area contributed by atoms with Crippen molar-refractivity contribution in [2.75, 3.05) is 11.5 Å². The number of hydrogen-bond donors (Lipinski definition) is 0. The number of benzene rings is 2. The van der Waals surface area contributed by atoms with Crippen molar-refractivity contribution in [1.82, 2.24) is 4.98 Å². The van der Waals surface area contributed by atoms with E-state index in [0.29, 0.717) is 11.5 Å². The van der Waals surface area contributed by atoms with Gasteiger partial charge >= 0.3 is 37.7 Å². The second-order valence-corrected chi connectivity index (χ2v) is 7.67. The van der Waals surface area contributed by atoms with Gasteiger partial charge in [-0.25, -0.2) is 4.98 Å². The van der Waals surface area contributed by atoms with Gasteiger partial charge in [-0.1, -0.05) is 36.4 Å². The normalized spacial score (nSPS) is 10.3. The van der Waals surface area contributed by atoms with Crippen LogP contribution in [-0.4, -0.2) is 28.4 Å². The summed E-state index contributed by atoms with van der Waals surface area (Å²) in [6.45, 7) is 0. The van der Waals surface area contributed by atoms with Gasteiger partial charge in [0.15, 0.2) is 0 Å². The van der Waals surface area contributed by atoms with E-state index in [1.54, 1.807) is 0 Å². The van der Waals surface area contributed by atoms with Gasteiger partial charge in [-0.05, 0) is 17.2 Å². The maximum atomic E-state index is 10.6. The van der Waals surface area contributed by atoms with E-state index in [-0.39, 0.29) is 49.2 Å². The van der Waals surface area contributed by atoms with E-state index < -0.39 is 11.9 Å². The standard InChI is InChI=1S/C19H17NO4S2.2Li/c21-16(22)10-25-8-14-5-1-3-12-7-13-4-2-6-15(9-26-11-17(23)24)19(13)20-18(12)14;;/h1-7H,8-11H2,(H,21,22)(H,23,24);;/q;2*+1/p-2. The number of pyridine rings is 1. The first kappa shape index (κ1) is 25.0. The molecule has 3 aromatic rings. The number of carboxylic acid groups (broad SMARTS) is 2. The molecule has 3 rings (SSSR count). The number of aromatic nitrogens is 1. The summed E-state index contributed by atoms with van der Waals surface area (Å²) >= 11 is 2.56. The van der Waals surface area contributed by atoms with Crippen molar-refractivity contribution in [3.05, 3.63) is 53.6 Å². The smallest absolute Gasteiger partial charge is 0.549 e. The fourth-order valence-corrected chi connectivity index (χ4v) is 4.17. The maximum absolute atomic E-state index is 10.6. The monoisotopic (exact) mass is 399 g/mol. The molecule has 0 aliphatic rings. The number of carbonyl (C=O) groups excluding carboxylic acids is 2. The van der Waals surface area contributed by atoms with Crippen LogP contribution in [-0.2, 0) is 21.1 Å². The predicted molar refractivity (Wildman–Crippen MR) is 102 cm³/mol. The van der Waals surface area contributed by atoms with Crippen LogP contribution < -0.4 is 47.9 Å². The van der Waals surface area contributed by atoms with E-state index in [1.165, 1.54) is 23.5 Å². The number of hydrogen-bond acceptors (Lipinski definition) is 7. The Morgan fingerprint density at radius 1 is 0.786 bits per heavy atom. The van der Waals surface area contributed by atoms with Gasteiger partial charge in [-0.2, -0.15) is 23.5 Å². The Balaban J connectivity index is 0.00000196. The molecule has 5 nitrogen and oxygen atoms in total. The SMILES string of the molecule is O=C([O-])CSCc1cccc2cc3cccc(CSCC(=O)[O-])c3nc12.[Li+].[Li+]. The first-order chi connectivity index (χ1) is 12.5. The van der Waals surface area contributed by atoms with E-state index in [4.69, 9.17) is 4.98 Å². The number of rotatable bonds is 8. The molecule has 0 fully saturated rings. The minimum Gasteiger partial charge on any atom is -0.549 e. The van der Waals surface area contributed by atoms with Gasteiger partial charge in [-0.3, -0.25) is 0 Å². The summed E-state index contributed by atoms with van der Waals surface area (Å²) in [6.07, 6.45) is 0. The molecule has 0 radical (unpaired) electrons. The van der Waals surface area contributed by atoms with Crippen LogP contribution in [0.25, 0.3) is 21.8 Å². The van der Waals surface area contributed by atoms with Crippen LogP contribution in [0, 0.1) is 0 Å². The third kappa shape index (κ3) is 6.49. The van der Waals surface area contributed by atoms with Crippen LogP contribution in [0.1, 0.15) is 11.1 Å². The summed E-state index contributed by atoms with van der Waals surface area (Å²) in [5, 5.41) is 23.2. The second-order valence-electron chi connectivity index (χ2n) is 5.70. The first-order valence-electron chi connectivity index (χ1n) is 7.90. The summed E-state index contributed by atoms with van der Waals surface area (Å²) in [7, 11) is 0. The molecule has 1 heterocycles. The van der Waals surface area contributed by atoms with Crippen molar-refractivity contribution >= 4 is 57.3 Å². The molecular weight excluding hydrogens is 384 g/mol. The van der Waals surface area contributed by atoms with Gasteiger partial charge in [0.05, 0.1) is 23.0 Å². The molecule has 0 unspecified atom stereocenters. The summed E-state index contributed by atoms with van der Waals surface area (Å²) in [5.41, 5.74) is 3.60. The van der Waals surface area contributed by atoms with Crippen LogP contribution in [0.2, 0.25) is 0 Å². The van der Waals surface area contributed by atoms with E-state index in [2.05, 4.69) is 6.07 Å². The molecule has 0 amide bonds. The van der Waals surface area contributed by atoms with Gasteiger partial charge < -0.3 is 19.8 Å². The molecule has 0 N–H and O–H groups in total. The van der Waals surface area contributed by atoms with Crippen LogP contribution in [0.5, 0.6) is 0 Å². The van der Waals surface area contributed by atoms with Gasteiger partial charge in [0.2, 0.25) is 0 Å². The molecule has 0 saturated heterocycles. The number of carbonyl (C=O) groups is 2. The molecule has 0 aliphatic carbocycles. The van der Waals surface area contributed by atoms with Crippen molar-refractivity contribution in [3.8, 4) is 0 Å². The zero-order chi connectivity index (χ0) is 18.5. The third-order valence-corrected chi connectivity index (χ3v) is 5.70. The fourth-order valence-electron chi connectivity index (χ4n) is 2.73. The Labute approximate surface area is 195 Å². The number of thioether (sulfide) groups is 2. The van der Waals surface area contributed by atoms with Gasteiger partial charge in [0.25, 0.3) is 0 Å². The number of carboxylic acids is 2. The third-order valence-electron chi connectivity index (χ3n) is 3.79. The molecule has 9 heteroatoms. The molecule has 134 valence electrons. The molecule has 28 heavy (non-hydrogen) atoms. The zero-order valence-electron chi connectivity index (χ0n) is 15.8. The molecule has 0 bridgehead atoms. The van der Waals surface area contributed by atoms with E-state index in [0.717, 1.165) is 32.9 Å². The van der Waals surface area contributed by atoms with E-state index >= 15 is 0 Å². The van der Waals surface area contributed by atoms with Crippen molar-refractivity contribution in [3.63, 3.8) is 0 Å². The number of para-hydroxylation sites is 2. The molecule has 0 aliphatic heterocycles. The minimum atomic E-state index is -1.08. The van der Waals surface area contributed by atoms with Crippen molar-refractivity contribution < 1.29 is 57.5 Å². The largest absolute Gasteiger partial charge is 1.00 e. The summed E-state index contributed by atoms with van der Waals surface area (Å²) in [5.74, 6) is -1.22. The van der Waals surface area contributed by atoms with Crippen molar-refractivity contribution in [2.45, 2.75) is 11.5 Å². The maximum Gasteiger partial charge on any atom is 1.00 e. The first-order valence-corrected chi connectivity index (χ1v) is 10.2. The molecular formula is C19H15Li2NO4S2. The Kier molecular flexibility index (Phi) is 10.6. The average Bonchev–Trinajstić information content (AvgIpc) is 2.60. The Bertz CT molecular complexity index is 910.